The Morgan fingerprint density at radius 3 is 2.63 bits per heavy atom. The Morgan fingerprint density at radius 1 is 1.22 bits per heavy atom. The number of carbonyl (C=O) groups excluding carboxylic acids is 3. The Morgan fingerprint density at radius 2 is 1.96 bits per heavy atom. The number of nitrogens with one attached hydrogen (secondary N) is 2. The molecular weight excluding hydrogens is 349 g/mol. The fourth-order valence-electron chi connectivity index (χ4n) is 4.88. The third-order valence-electron chi connectivity index (χ3n) is 6.16. The predicted octanol–water partition coefficient (Wildman–Crippen LogP) is 2.00. The van der Waals surface area contributed by atoms with Gasteiger partial charge in [0.1, 0.15) is 11.4 Å². The van der Waals surface area contributed by atoms with Gasteiger partial charge in [-0.2, -0.15) is 0 Å². The summed E-state index contributed by atoms with van der Waals surface area (Å²) in [6.45, 7) is 6.27. The maximum Gasteiger partial charge on any atom is 0.250 e. The zero-order valence-corrected chi connectivity index (χ0v) is 15.7. The molecule has 3 amide bonds. The Balaban J connectivity index is 1.86. The van der Waals surface area contributed by atoms with Gasteiger partial charge in [0.2, 0.25) is 17.7 Å². The molecule has 1 aromatic rings. The first-order valence-corrected chi connectivity index (χ1v) is 9.57. The molecule has 0 unspecified atom stereocenters. The summed E-state index contributed by atoms with van der Waals surface area (Å²) in [5.74, 6) is -2.85. The predicted molar refractivity (Wildman–Crippen MR) is 97.1 cm³/mol. The van der Waals surface area contributed by atoms with Gasteiger partial charge in [0, 0.05) is 23.8 Å². The molecule has 0 bridgehead atoms. The summed E-state index contributed by atoms with van der Waals surface area (Å²) in [6, 6.07) is 3.75. The molecule has 1 aromatic carbocycles. The molecule has 0 radical (unpaired) electrons. The molecule has 0 saturated carbocycles. The van der Waals surface area contributed by atoms with E-state index in [0.717, 1.165) is 12.8 Å². The summed E-state index contributed by atoms with van der Waals surface area (Å²) in [4.78, 5) is 40.7. The summed E-state index contributed by atoms with van der Waals surface area (Å²) in [5, 5.41) is 6.06. The van der Waals surface area contributed by atoms with Gasteiger partial charge in [-0.25, -0.2) is 4.39 Å². The van der Waals surface area contributed by atoms with Crippen LogP contribution in [0.3, 0.4) is 0 Å². The van der Waals surface area contributed by atoms with Gasteiger partial charge < -0.3 is 5.32 Å². The van der Waals surface area contributed by atoms with Crippen molar-refractivity contribution in [3.63, 3.8) is 0 Å². The summed E-state index contributed by atoms with van der Waals surface area (Å²) in [5.41, 5.74) is -0.487. The molecule has 0 aliphatic carbocycles. The standard InChI is InChI=1S/C20H24FN3O3/c1-4-5-8-24-17(25)14-15(18(24)26)20(23-16(14)10(2)3)12-9-11(21)6-7-13(12)22-19(20)27/h6-7,9-10,14-16,23H,4-5,8H2,1-3H3,(H,22,27)/t14-,15-,16+,20+/m0/s1. The minimum atomic E-state index is -1.40. The second-order valence-corrected chi connectivity index (χ2v) is 8.05. The molecule has 4 atom stereocenters. The molecule has 6 nitrogen and oxygen atoms in total. The third kappa shape index (κ3) is 2.30. The van der Waals surface area contributed by atoms with Crippen LogP contribution >= 0.6 is 0 Å². The van der Waals surface area contributed by atoms with Crippen LogP contribution in [0, 0.1) is 23.6 Å². The molecule has 4 rings (SSSR count). The Bertz CT molecular complexity index is 840. The zero-order chi connectivity index (χ0) is 19.5. The van der Waals surface area contributed by atoms with Crippen LogP contribution in [0.2, 0.25) is 0 Å². The molecule has 3 aliphatic heterocycles. The number of benzene rings is 1. The highest BCUT2D eigenvalue weighted by molar-refractivity contribution is 6.15. The summed E-state index contributed by atoms with van der Waals surface area (Å²) >= 11 is 0. The Kier molecular flexibility index (Phi) is 4.10. The van der Waals surface area contributed by atoms with Crippen LogP contribution in [0.4, 0.5) is 10.1 Å². The van der Waals surface area contributed by atoms with E-state index in [1.807, 2.05) is 20.8 Å². The van der Waals surface area contributed by atoms with Gasteiger partial charge in [0.15, 0.2) is 0 Å². The van der Waals surface area contributed by atoms with Crippen LogP contribution in [0.15, 0.2) is 18.2 Å². The van der Waals surface area contributed by atoms with E-state index in [2.05, 4.69) is 10.6 Å². The molecule has 27 heavy (non-hydrogen) atoms. The van der Waals surface area contributed by atoms with Crippen molar-refractivity contribution in [3.05, 3.63) is 29.6 Å². The van der Waals surface area contributed by atoms with Gasteiger partial charge in [-0.05, 0) is 30.5 Å². The topological polar surface area (TPSA) is 78.5 Å². The molecule has 3 aliphatic rings. The lowest BCUT2D eigenvalue weighted by Crippen LogP contribution is -2.54. The van der Waals surface area contributed by atoms with E-state index >= 15 is 0 Å². The maximum atomic E-state index is 14.0. The number of amides is 3. The lowest BCUT2D eigenvalue weighted by molar-refractivity contribution is -0.143. The fourth-order valence-corrected chi connectivity index (χ4v) is 4.88. The normalized spacial score (nSPS) is 31.8. The van der Waals surface area contributed by atoms with E-state index in [1.165, 1.54) is 23.1 Å². The first-order valence-electron chi connectivity index (χ1n) is 9.57. The minimum Gasteiger partial charge on any atom is -0.324 e. The lowest BCUT2D eigenvalue weighted by Gasteiger charge is -2.30. The van der Waals surface area contributed by atoms with E-state index in [0.29, 0.717) is 17.8 Å². The zero-order valence-electron chi connectivity index (χ0n) is 15.7. The maximum absolute atomic E-state index is 14.0. The number of halogens is 1. The number of rotatable bonds is 4. The molecule has 1 spiro atoms. The Labute approximate surface area is 157 Å². The number of carbonyl (C=O) groups is 3. The second-order valence-electron chi connectivity index (χ2n) is 8.05. The monoisotopic (exact) mass is 373 g/mol. The van der Waals surface area contributed by atoms with Crippen molar-refractivity contribution in [3.8, 4) is 0 Å². The van der Waals surface area contributed by atoms with Gasteiger partial charge in [-0.3, -0.25) is 24.6 Å². The molecule has 0 aromatic heterocycles. The molecule has 3 heterocycles. The van der Waals surface area contributed by atoms with Crippen molar-refractivity contribution in [2.75, 3.05) is 11.9 Å². The molecule has 7 heteroatoms. The number of likely N-dealkylation sites (tertiary alicyclic amines) is 1. The number of hydrogen-bond acceptors (Lipinski definition) is 4. The second kappa shape index (κ2) is 6.12. The highest BCUT2D eigenvalue weighted by atomic mass is 19.1. The van der Waals surface area contributed by atoms with E-state index < -0.39 is 23.2 Å². The van der Waals surface area contributed by atoms with Crippen LogP contribution in [0.25, 0.3) is 0 Å². The SMILES string of the molecule is CCCCN1C(=O)[C@@H]2[C@@H](C(C)C)N[C@@]3(C(=O)Nc4ccc(F)cc43)[C@@H]2C1=O. The van der Waals surface area contributed by atoms with E-state index in [-0.39, 0.29) is 29.7 Å². The molecule has 144 valence electrons. The van der Waals surface area contributed by atoms with Gasteiger partial charge in [0.05, 0.1) is 11.8 Å². The van der Waals surface area contributed by atoms with Crippen molar-refractivity contribution in [2.45, 2.75) is 45.2 Å². The Hall–Kier alpha value is -2.28. The van der Waals surface area contributed by atoms with Crippen LogP contribution in [-0.4, -0.2) is 35.2 Å². The van der Waals surface area contributed by atoms with Crippen molar-refractivity contribution >= 4 is 23.4 Å². The average molecular weight is 373 g/mol. The van der Waals surface area contributed by atoms with Crippen LogP contribution in [0.1, 0.15) is 39.2 Å². The summed E-state index contributed by atoms with van der Waals surface area (Å²) in [7, 11) is 0. The number of fused-ring (bicyclic) bond motifs is 4. The average Bonchev–Trinajstić information content (AvgIpc) is 3.20. The number of unbranched alkanes of at least 4 members (excludes halogenated alkanes) is 1. The molecule has 2 saturated heterocycles. The van der Waals surface area contributed by atoms with Crippen molar-refractivity contribution in [1.82, 2.24) is 10.2 Å². The van der Waals surface area contributed by atoms with E-state index in [9.17, 15) is 18.8 Å². The van der Waals surface area contributed by atoms with Crippen LogP contribution < -0.4 is 10.6 Å². The fraction of sp³-hybridized carbons (Fsp3) is 0.550. The number of imide groups is 1. The van der Waals surface area contributed by atoms with Gasteiger partial charge >= 0.3 is 0 Å². The van der Waals surface area contributed by atoms with Gasteiger partial charge in [0.25, 0.3) is 0 Å². The third-order valence-corrected chi connectivity index (χ3v) is 6.16. The van der Waals surface area contributed by atoms with E-state index in [1.54, 1.807) is 0 Å². The quantitative estimate of drug-likeness (QED) is 0.792. The van der Waals surface area contributed by atoms with Gasteiger partial charge in [-0.15, -0.1) is 0 Å². The summed E-state index contributed by atoms with van der Waals surface area (Å²) < 4.78 is 14.0. The highest BCUT2D eigenvalue weighted by Gasteiger charge is 2.70. The van der Waals surface area contributed by atoms with Gasteiger partial charge in [-0.1, -0.05) is 27.2 Å². The minimum absolute atomic E-state index is 0.0326. The van der Waals surface area contributed by atoms with Crippen LogP contribution in [-0.2, 0) is 19.9 Å². The lowest BCUT2D eigenvalue weighted by atomic mass is 9.76. The first kappa shape index (κ1) is 18.1. The molecule has 2 fully saturated rings. The van der Waals surface area contributed by atoms with Crippen molar-refractivity contribution < 1.29 is 18.8 Å². The van der Waals surface area contributed by atoms with Crippen LogP contribution in [0.5, 0.6) is 0 Å². The highest BCUT2D eigenvalue weighted by Crippen LogP contribution is 2.53. The molecular formula is C20H24FN3O3. The van der Waals surface area contributed by atoms with Crippen molar-refractivity contribution in [2.24, 2.45) is 17.8 Å². The van der Waals surface area contributed by atoms with E-state index in [4.69, 9.17) is 0 Å². The smallest absolute Gasteiger partial charge is 0.250 e. The number of nitrogens with zero attached hydrogens (tertiary/aromatic N) is 1. The largest absolute Gasteiger partial charge is 0.324 e. The summed E-state index contributed by atoms with van der Waals surface area (Å²) in [6.07, 6.45) is 1.58. The van der Waals surface area contributed by atoms with Crippen molar-refractivity contribution in [1.29, 1.82) is 0 Å². The number of hydrogen-bond donors (Lipinski definition) is 2. The number of anilines is 1. The molecule has 2 N–H and O–H groups in total. The first-order chi connectivity index (χ1) is 12.8.